The van der Waals surface area contributed by atoms with Crippen LogP contribution in [0, 0.1) is 0 Å². The van der Waals surface area contributed by atoms with E-state index >= 15 is 0 Å². The Morgan fingerprint density at radius 1 is 0.958 bits per heavy atom. The van der Waals surface area contributed by atoms with Crippen LogP contribution >= 0.6 is 23.1 Å². The lowest BCUT2D eigenvalue weighted by molar-refractivity contribution is 0.422. The Kier molecular flexibility index (Phi) is 5.65. The monoisotopic (exact) mass is 364 g/mol. The van der Waals surface area contributed by atoms with Crippen molar-refractivity contribution in [2.75, 3.05) is 6.26 Å². The molecule has 0 unspecified atom stereocenters. The van der Waals surface area contributed by atoms with Crippen LogP contribution in [0.25, 0.3) is 0 Å². The van der Waals surface area contributed by atoms with E-state index in [1.54, 1.807) is 23.1 Å². The fourth-order valence-corrected chi connectivity index (χ4v) is 3.97. The second kappa shape index (κ2) is 7.04. The Hall–Kier alpha value is -1.07. The molecule has 2 aromatic rings. The van der Waals surface area contributed by atoms with Crippen molar-refractivity contribution < 1.29 is 5.11 Å². The molecular formula is C19H28N2OS2. The lowest BCUT2D eigenvalue weighted by atomic mass is 9.78. The molecule has 0 fully saturated rings. The second-order valence-corrected chi connectivity index (χ2v) is 10.3. The van der Waals surface area contributed by atoms with E-state index in [0.29, 0.717) is 5.75 Å². The van der Waals surface area contributed by atoms with Crippen LogP contribution in [0.2, 0.25) is 0 Å². The van der Waals surface area contributed by atoms with Gasteiger partial charge in [-0.2, -0.15) is 0 Å². The standard InChI is InChI=1S/C19H28N2OS2/c1-18(2,3)13-10-12(11-14(16(13)22)19(4,5)6)8-9-15-20-21-17(23-7)24-15/h10-11,22H,8-9H2,1-7H3. The quantitative estimate of drug-likeness (QED) is 0.743. The van der Waals surface area contributed by atoms with Gasteiger partial charge in [0.1, 0.15) is 10.8 Å². The van der Waals surface area contributed by atoms with E-state index in [1.807, 2.05) is 6.26 Å². The van der Waals surface area contributed by atoms with Gasteiger partial charge in [0.05, 0.1) is 0 Å². The third-order valence-electron chi connectivity index (χ3n) is 4.04. The third kappa shape index (κ3) is 4.51. The number of aryl methyl sites for hydroxylation is 2. The fourth-order valence-electron chi connectivity index (χ4n) is 2.66. The van der Waals surface area contributed by atoms with Gasteiger partial charge < -0.3 is 5.11 Å². The molecule has 1 aromatic heterocycles. The number of thioether (sulfide) groups is 1. The van der Waals surface area contributed by atoms with Crippen LogP contribution in [0.1, 0.15) is 63.2 Å². The summed E-state index contributed by atoms with van der Waals surface area (Å²) in [5.41, 5.74) is 3.12. The summed E-state index contributed by atoms with van der Waals surface area (Å²) in [7, 11) is 0. The number of rotatable bonds is 4. The van der Waals surface area contributed by atoms with E-state index in [-0.39, 0.29) is 10.8 Å². The van der Waals surface area contributed by atoms with Crippen molar-refractivity contribution in [1.29, 1.82) is 0 Å². The van der Waals surface area contributed by atoms with Crippen molar-refractivity contribution in [2.45, 2.75) is 69.6 Å². The fraction of sp³-hybridized carbons (Fsp3) is 0.579. The number of hydrogen-bond donors (Lipinski definition) is 1. The molecule has 0 aliphatic heterocycles. The lowest BCUT2D eigenvalue weighted by Gasteiger charge is -2.28. The molecule has 24 heavy (non-hydrogen) atoms. The summed E-state index contributed by atoms with van der Waals surface area (Å²) in [6.45, 7) is 12.9. The molecule has 2 rings (SSSR count). The van der Waals surface area contributed by atoms with E-state index in [2.05, 4.69) is 63.9 Å². The molecule has 1 N–H and O–H groups in total. The SMILES string of the molecule is CSc1nnc(CCc2cc(C(C)(C)C)c(O)c(C(C)(C)C)c2)s1. The largest absolute Gasteiger partial charge is 0.507 e. The van der Waals surface area contributed by atoms with Crippen LogP contribution in [0.5, 0.6) is 5.75 Å². The Labute approximate surface area is 153 Å². The Balaban J connectivity index is 2.35. The Bertz CT molecular complexity index is 674. The second-order valence-electron chi connectivity index (χ2n) is 8.21. The summed E-state index contributed by atoms with van der Waals surface area (Å²) in [6.07, 6.45) is 3.82. The van der Waals surface area contributed by atoms with Gasteiger partial charge in [0.25, 0.3) is 0 Å². The first-order valence-electron chi connectivity index (χ1n) is 8.25. The highest BCUT2D eigenvalue weighted by Crippen LogP contribution is 2.40. The molecule has 5 heteroatoms. The van der Waals surface area contributed by atoms with Gasteiger partial charge in [-0.05, 0) is 40.2 Å². The highest BCUT2D eigenvalue weighted by atomic mass is 32.2. The summed E-state index contributed by atoms with van der Waals surface area (Å²) >= 11 is 3.30. The number of aromatic nitrogens is 2. The zero-order chi connectivity index (χ0) is 18.1. The van der Waals surface area contributed by atoms with Crippen LogP contribution in [0.3, 0.4) is 0 Å². The Morgan fingerprint density at radius 3 is 1.92 bits per heavy atom. The van der Waals surface area contributed by atoms with Gasteiger partial charge >= 0.3 is 0 Å². The molecule has 3 nitrogen and oxygen atoms in total. The molecule has 0 aliphatic rings. The zero-order valence-electron chi connectivity index (χ0n) is 15.7. The maximum Gasteiger partial charge on any atom is 0.174 e. The number of phenols is 1. The maximum absolute atomic E-state index is 10.8. The minimum atomic E-state index is -0.0884. The summed E-state index contributed by atoms with van der Waals surface area (Å²) < 4.78 is 1.02. The first-order valence-corrected chi connectivity index (χ1v) is 10.3. The van der Waals surface area contributed by atoms with Gasteiger partial charge in [-0.25, -0.2) is 0 Å². The molecule has 0 aliphatic carbocycles. The highest BCUT2D eigenvalue weighted by Gasteiger charge is 2.26. The number of nitrogens with zero attached hydrogens (tertiary/aromatic N) is 2. The Morgan fingerprint density at radius 2 is 1.50 bits per heavy atom. The van der Waals surface area contributed by atoms with Gasteiger partial charge in [-0.3, -0.25) is 0 Å². The molecule has 1 aromatic carbocycles. The smallest absolute Gasteiger partial charge is 0.174 e. The van der Waals surface area contributed by atoms with Crippen molar-refractivity contribution in [3.8, 4) is 5.75 Å². The molecule has 0 spiro atoms. The van der Waals surface area contributed by atoms with Gasteiger partial charge in [0, 0.05) is 6.42 Å². The molecule has 132 valence electrons. The molecule has 1 heterocycles. The number of aromatic hydroxyl groups is 1. The van der Waals surface area contributed by atoms with Crippen LogP contribution in [0.4, 0.5) is 0 Å². The van der Waals surface area contributed by atoms with Gasteiger partial charge in [0.2, 0.25) is 0 Å². The minimum Gasteiger partial charge on any atom is -0.507 e. The van der Waals surface area contributed by atoms with E-state index < -0.39 is 0 Å². The predicted molar refractivity (Wildman–Crippen MR) is 105 cm³/mol. The van der Waals surface area contributed by atoms with E-state index in [9.17, 15) is 5.11 Å². The van der Waals surface area contributed by atoms with Crippen LogP contribution in [-0.4, -0.2) is 21.6 Å². The highest BCUT2D eigenvalue weighted by molar-refractivity contribution is 8.00. The molecule has 0 amide bonds. The van der Waals surface area contributed by atoms with Crippen LogP contribution < -0.4 is 0 Å². The van der Waals surface area contributed by atoms with Crippen molar-refractivity contribution in [3.05, 3.63) is 33.8 Å². The van der Waals surface area contributed by atoms with Crippen molar-refractivity contribution in [1.82, 2.24) is 10.2 Å². The molecule has 0 bridgehead atoms. The number of phenolic OH excluding ortho intramolecular Hbond substituents is 1. The zero-order valence-corrected chi connectivity index (χ0v) is 17.4. The van der Waals surface area contributed by atoms with Crippen molar-refractivity contribution >= 4 is 23.1 Å². The van der Waals surface area contributed by atoms with Crippen LogP contribution in [0.15, 0.2) is 16.5 Å². The minimum absolute atomic E-state index is 0.0884. The number of benzene rings is 1. The molecule has 0 atom stereocenters. The summed E-state index contributed by atoms with van der Waals surface area (Å²) in [6, 6.07) is 4.31. The molecule has 0 saturated carbocycles. The molecular weight excluding hydrogens is 336 g/mol. The first kappa shape index (κ1) is 19.3. The maximum atomic E-state index is 10.8. The third-order valence-corrected chi connectivity index (χ3v) is 5.99. The van der Waals surface area contributed by atoms with Crippen LogP contribution in [-0.2, 0) is 23.7 Å². The van der Waals surface area contributed by atoms with E-state index in [4.69, 9.17) is 0 Å². The normalized spacial score (nSPS) is 12.6. The molecule has 0 saturated heterocycles. The van der Waals surface area contributed by atoms with Gasteiger partial charge in [0.15, 0.2) is 4.34 Å². The summed E-state index contributed by atoms with van der Waals surface area (Å²) in [5, 5.41) is 20.3. The van der Waals surface area contributed by atoms with Crippen molar-refractivity contribution in [2.24, 2.45) is 0 Å². The predicted octanol–water partition coefficient (Wildman–Crippen LogP) is 5.35. The summed E-state index contributed by atoms with van der Waals surface area (Å²) in [5.74, 6) is 0.444. The number of hydrogen-bond acceptors (Lipinski definition) is 5. The average molecular weight is 365 g/mol. The average Bonchev–Trinajstić information content (AvgIpc) is 2.91. The molecule has 0 radical (unpaired) electrons. The van der Waals surface area contributed by atoms with E-state index in [0.717, 1.165) is 33.3 Å². The van der Waals surface area contributed by atoms with Gasteiger partial charge in [-0.1, -0.05) is 76.8 Å². The van der Waals surface area contributed by atoms with E-state index in [1.165, 1.54) is 5.56 Å². The van der Waals surface area contributed by atoms with Crippen molar-refractivity contribution in [3.63, 3.8) is 0 Å². The topological polar surface area (TPSA) is 46.0 Å². The first-order chi connectivity index (χ1) is 11.0. The lowest BCUT2D eigenvalue weighted by Crippen LogP contribution is -2.18. The summed E-state index contributed by atoms with van der Waals surface area (Å²) in [4.78, 5) is 0. The van der Waals surface area contributed by atoms with Gasteiger partial charge in [-0.15, -0.1) is 10.2 Å².